The molecule has 0 aliphatic rings. The predicted molar refractivity (Wildman–Crippen MR) is 107 cm³/mol. The molecule has 0 spiro atoms. The molecule has 0 bridgehead atoms. The number of nitrogen functional groups attached to an aromatic ring is 1. The summed E-state index contributed by atoms with van der Waals surface area (Å²) in [6.45, 7) is 0. The Morgan fingerprint density at radius 3 is 1.93 bits per heavy atom. The summed E-state index contributed by atoms with van der Waals surface area (Å²) in [5, 5.41) is 0.371. The summed E-state index contributed by atoms with van der Waals surface area (Å²) in [6.07, 6.45) is 0. The molecular weight excluding hydrogens is 364 g/mol. The van der Waals surface area contributed by atoms with E-state index in [1.165, 1.54) is 17.0 Å². The molecule has 27 heavy (non-hydrogen) atoms. The number of anilines is 3. The molecule has 3 rings (SSSR count). The highest BCUT2D eigenvalue weighted by molar-refractivity contribution is 6.31. The van der Waals surface area contributed by atoms with Crippen LogP contribution in [0.2, 0.25) is 5.02 Å². The summed E-state index contributed by atoms with van der Waals surface area (Å²) < 4.78 is 0. The first kappa shape index (κ1) is 18.3. The number of rotatable bonds is 3. The van der Waals surface area contributed by atoms with Crippen LogP contribution in [0.15, 0.2) is 78.9 Å². The van der Waals surface area contributed by atoms with E-state index in [4.69, 9.17) is 17.3 Å². The second kappa shape index (κ2) is 8.25. The number of hydrogen-bond acceptors (Lipinski definition) is 3. The van der Waals surface area contributed by atoms with Crippen LogP contribution in [0.5, 0.6) is 0 Å². The summed E-state index contributed by atoms with van der Waals surface area (Å²) in [5.41, 5.74) is 12.3. The maximum Gasteiger partial charge on any atom is 0.345 e. The maximum absolute atomic E-state index is 12.8. The fourth-order valence-corrected chi connectivity index (χ4v) is 2.67. The molecule has 6 nitrogen and oxygen atoms in total. The third-order valence-corrected chi connectivity index (χ3v) is 4.01. The van der Waals surface area contributed by atoms with Crippen molar-refractivity contribution in [3.63, 3.8) is 0 Å². The molecule has 0 heterocycles. The monoisotopic (exact) mass is 380 g/mol. The Balaban J connectivity index is 1.79. The molecule has 4 N–H and O–H groups in total. The van der Waals surface area contributed by atoms with E-state index in [0.29, 0.717) is 16.4 Å². The van der Waals surface area contributed by atoms with Gasteiger partial charge in [-0.1, -0.05) is 48.0 Å². The Kier molecular flexibility index (Phi) is 5.58. The van der Waals surface area contributed by atoms with Gasteiger partial charge in [-0.05, 0) is 42.5 Å². The summed E-state index contributed by atoms with van der Waals surface area (Å²) in [6, 6.07) is 22.2. The van der Waals surface area contributed by atoms with Gasteiger partial charge < -0.3 is 5.73 Å². The molecule has 0 aliphatic carbocycles. The summed E-state index contributed by atoms with van der Waals surface area (Å²) in [7, 11) is 0. The lowest BCUT2D eigenvalue weighted by Crippen LogP contribution is -2.47. The molecule has 3 amide bonds. The van der Waals surface area contributed by atoms with E-state index >= 15 is 0 Å². The number of para-hydroxylation sites is 2. The van der Waals surface area contributed by atoms with Gasteiger partial charge in [0.05, 0.1) is 16.9 Å². The van der Waals surface area contributed by atoms with Crippen LogP contribution in [-0.4, -0.2) is 11.9 Å². The van der Waals surface area contributed by atoms with Gasteiger partial charge >= 0.3 is 6.03 Å². The standard InChI is InChI=1S/C20H17ClN4O2/c21-14-11-12-18(22)17(13-14)19(26)23-24-20(27)25(15-7-3-1-4-8-15)16-9-5-2-6-10-16/h1-13H,22H2,(H,23,26)(H,24,27). The zero-order valence-corrected chi connectivity index (χ0v) is 15.0. The minimum absolute atomic E-state index is 0.175. The first-order chi connectivity index (χ1) is 13.1. The van der Waals surface area contributed by atoms with E-state index in [0.717, 1.165) is 0 Å². The van der Waals surface area contributed by atoms with Crippen molar-refractivity contribution in [2.24, 2.45) is 0 Å². The van der Waals surface area contributed by atoms with Crippen LogP contribution in [0.3, 0.4) is 0 Å². The lowest BCUT2D eigenvalue weighted by atomic mass is 10.2. The van der Waals surface area contributed by atoms with E-state index < -0.39 is 11.9 Å². The van der Waals surface area contributed by atoms with Crippen molar-refractivity contribution in [3.8, 4) is 0 Å². The Labute approximate surface area is 161 Å². The lowest BCUT2D eigenvalue weighted by Gasteiger charge is -2.23. The van der Waals surface area contributed by atoms with Crippen LogP contribution in [0.4, 0.5) is 21.9 Å². The number of nitrogens with zero attached hydrogens (tertiary/aromatic N) is 1. The van der Waals surface area contributed by atoms with E-state index in [1.54, 1.807) is 30.3 Å². The largest absolute Gasteiger partial charge is 0.398 e. The minimum atomic E-state index is -0.565. The third-order valence-electron chi connectivity index (χ3n) is 3.77. The van der Waals surface area contributed by atoms with Crippen LogP contribution in [0.25, 0.3) is 0 Å². The van der Waals surface area contributed by atoms with Crippen LogP contribution >= 0.6 is 11.6 Å². The molecule has 0 unspecified atom stereocenters. The van der Waals surface area contributed by atoms with Gasteiger partial charge in [-0.3, -0.25) is 15.1 Å². The zero-order chi connectivity index (χ0) is 19.2. The minimum Gasteiger partial charge on any atom is -0.398 e. The molecule has 0 radical (unpaired) electrons. The molecule has 0 fully saturated rings. The van der Waals surface area contributed by atoms with E-state index in [2.05, 4.69) is 10.9 Å². The number of carbonyl (C=O) groups is 2. The van der Waals surface area contributed by atoms with Gasteiger partial charge in [0.15, 0.2) is 0 Å². The molecule has 0 saturated carbocycles. The Morgan fingerprint density at radius 1 is 0.815 bits per heavy atom. The van der Waals surface area contributed by atoms with Gasteiger partial charge in [-0.15, -0.1) is 0 Å². The highest BCUT2D eigenvalue weighted by Crippen LogP contribution is 2.24. The van der Waals surface area contributed by atoms with Gasteiger partial charge in [0.1, 0.15) is 0 Å². The fourth-order valence-electron chi connectivity index (χ4n) is 2.50. The normalized spacial score (nSPS) is 10.1. The van der Waals surface area contributed by atoms with Crippen molar-refractivity contribution in [2.45, 2.75) is 0 Å². The van der Waals surface area contributed by atoms with Crippen molar-refractivity contribution in [1.29, 1.82) is 0 Å². The van der Waals surface area contributed by atoms with Gasteiger partial charge in [0.25, 0.3) is 5.91 Å². The Morgan fingerprint density at radius 2 is 1.37 bits per heavy atom. The van der Waals surface area contributed by atoms with Crippen molar-refractivity contribution in [2.75, 3.05) is 10.6 Å². The quantitative estimate of drug-likeness (QED) is 0.472. The number of nitrogens with two attached hydrogens (primary N) is 1. The molecule has 0 atom stereocenters. The van der Waals surface area contributed by atoms with E-state index in [9.17, 15) is 9.59 Å². The van der Waals surface area contributed by atoms with Crippen LogP contribution in [0, 0.1) is 0 Å². The number of urea groups is 1. The highest BCUT2D eigenvalue weighted by Gasteiger charge is 2.19. The Bertz CT molecular complexity index is 909. The molecule has 7 heteroatoms. The number of nitrogens with one attached hydrogen (secondary N) is 2. The summed E-state index contributed by atoms with van der Waals surface area (Å²) in [5.74, 6) is -0.565. The molecule has 3 aromatic carbocycles. The molecular formula is C20H17ClN4O2. The van der Waals surface area contributed by atoms with Gasteiger partial charge in [0.2, 0.25) is 0 Å². The third kappa shape index (κ3) is 4.37. The number of benzene rings is 3. The molecule has 136 valence electrons. The first-order valence-corrected chi connectivity index (χ1v) is 8.49. The van der Waals surface area contributed by atoms with Gasteiger partial charge in [-0.25, -0.2) is 10.2 Å². The number of carbonyl (C=O) groups excluding carboxylic acids is 2. The number of halogens is 1. The highest BCUT2D eigenvalue weighted by atomic mass is 35.5. The second-order valence-corrected chi connectivity index (χ2v) is 6.06. The molecule has 0 aromatic heterocycles. The van der Waals surface area contributed by atoms with Crippen molar-refractivity contribution < 1.29 is 9.59 Å². The van der Waals surface area contributed by atoms with E-state index in [1.807, 2.05) is 36.4 Å². The van der Waals surface area contributed by atoms with Crippen LogP contribution < -0.4 is 21.5 Å². The van der Waals surface area contributed by atoms with Crippen LogP contribution in [-0.2, 0) is 0 Å². The zero-order valence-electron chi connectivity index (χ0n) is 14.2. The first-order valence-electron chi connectivity index (χ1n) is 8.12. The fraction of sp³-hybridized carbons (Fsp3) is 0. The average molecular weight is 381 g/mol. The van der Waals surface area contributed by atoms with E-state index in [-0.39, 0.29) is 11.3 Å². The maximum atomic E-state index is 12.8. The molecule has 3 aromatic rings. The van der Waals surface area contributed by atoms with Gasteiger partial charge in [-0.2, -0.15) is 0 Å². The van der Waals surface area contributed by atoms with Crippen molar-refractivity contribution in [1.82, 2.24) is 10.9 Å². The molecule has 0 aliphatic heterocycles. The van der Waals surface area contributed by atoms with Gasteiger partial charge in [0, 0.05) is 10.7 Å². The second-order valence-electron chi connectivity index (χ2n) is 5.62. The topological polar surface area (TPSA) is 87.5 Å². The molecule has 0 saturated heterocycles. The van der Waals surface area contributed by atoms with Crippen molar-refractivity contribution >= 4 is 40.6 Å². The number of hydrazine groups is 1. The lowest BCUT2D eigenvalue weighted by molar-refractivity contribution is 0.0938. The number of amides is 3. The Hall–Kier alpha value is -3.51. The van der Waals surface area contributed by atoms with Crippen molar-refractivity contribution in [3.05, 3.63) is 89.4 Å². The summed E-state index contributed by atoms with van der Waals surface area (Å²) in [4.78, 5) is 26.6. The predicted octanol–water partition coefficient (Wildman–Crippen LogP) is 4.11. The number of hydrogen-bond donors (Lipinski definition) is 3. The SMILES string of the molecule is Nc1ccc(Cl)cc1C(=O)NNC(=O)N(c1ccccc1)c1ccccc1. The summed E-state index contributed by atoms with van der Waals surface area (Å²) >= 11 is 5.90. The van der Waals surface area contributed by atoms with Crippen LogP contribution in [0.1, 0.15) is 10.4 Å². The average Bonchev–Trinajstić information content (AvgIpc) is 2.70. The smallest absolute Gasteiger partial charge is 0.345 e.